The first kappa shape index (κ1) is 26.3. The van der Waals surface area contributed by atoms with Gasteiger partial charge in [-0.15, -0.1) is 12.4 Å². The highest BCUT2D eigenvalue weighted by atomic mass is 35.5. The van der Waals surface area contributed by atoms with Crippen LogP contribution in [0.15, 0.2) is 47.4 Å². The number of fused-ring (bicyclic) bond motifs is 1. The van der Waals surface area contributed by atoms with Gasteiger partial charge in [-0.1, -0.05) is 23.9 Å². The zero-order valence-electron chi connectivity index (χ0n) is 19.5. The van der Waals surface area contributed by atoms with Gasteiger partial charge >= 0.3 is 0 Å². The molecule has 3 rings (SSSR count). The molecular weight excluding hydrogens is 446 g/mol. The normalized spacial score (nSPS) is 15.0. The second-order valence-corrected chi connectivity index (χ2v) is 9.16. The van der Waals surface area contributed by atoms with Gasteiger partial charge in [0.15, 0.2) is 0 Å². The first-order chi connectivity index (χ1) is 14.9. The molecular formula is C24H34ClN3O3S. The Morgan fingerprint density at radius 3 is 2.53 bits per heavy atom. The first-order valence-corrected chi connectivity index (χ1v) is 11.5. The number of para-hydroxylation sites is 1. The smallest absolute Gasteiger partial charge is 0.225 e. The van der Waals surface area contributed by atoms with Crippen LogP contribution < -0.4 is 14.4 Å². The summed E-state index contributed by atoms with van der Waals surface area (Å²) in [6, 6.07) is 13.9. The third kappa shape index (κ3) is 6.54. The van der Waals surface area contributed by atoms with Gasteiger partial charge in [-0.3, -0.25) is 9.69 Å². The molecule has 8 heteroatoms. The molecule has 0 radical (unpaired) electrons. The third-order valence-corrected chi connectivity index (χ3v) is 6.58. The van der Waals surface area contributed by atoms with Gasteiger partial charge in [-0.2, -0.15) is 0 Å². The highest BCUT2D eigenvalue weighted by molar-refractivity contribution is 8.00. The van der Waals surface area contributed by atoms with Gasteiger partial charge in [-0.05, 0) is 57.9 Å². The highest BCUT2D eigenvalue weighted by Crippen LogP contribution is 2.53. The van der Waals surface area contributed by atoms with Crippen molar-refractivity contribution in [1.82, 2.24) is 9.80 Å². The molecule has 1 amide bonds. The van der Waals surface area contributed by atoms with Crippen LogP contribution in [0.2, 0.25) is 0 Å². The van der Waals surface area contributed by atoms with Crippen molar-refractivity contribution in [3.8, 4) is 11.5 Å². The zero-order chi connectivity index (χ0) is 22.4. The summed E-state index contributed by atoms with van der Waals surface area (Å²) in [7, 11) is 7.97. The van der Waals surface area contributed by atoms with Gasteiger partial charge in [-0.25, -0.2) is 0 Å². The van der Waals surface area contributed by atoms with Crippen LogP contribution in [0.4, 0.5) is 5.69 Å². The number of hydrogen-bond donors (Lipinski definition) is 0. The lowest BCUT2D eigenvalue weighted by atomic mass is 10.1. The number of halogens is 1. The first-order valence-electron chi connectivity index (χ1n) is 10.6. The Hall–Kier alpha value is -1.93. The number of methoxy groups -OCH3 is 1. The molecule has 1 unspecified atom stereocenters. The monoisotopic (exact) mass is 479 g/mol. The Labute approximate surface area is 202 Å². The Morgan fingerprint density at radius 1 is 1.09 bits per heavy atom. The molecule has 0 saturated heterocycles. The number of likely N-dealkylation sites (N-methyl/N-ethyl adjacent to an activating group) is 2. The third-order valence-electron chi connectivity index (χ3n) is 5.29. The zero-order valence-corrected chi connectivity index (χ0v) is 21.2. The van der Waals surface area contributed by atoms with Crippen molar-refractivity contribution in [3.63, 3.8) is 0 Å². The van der Waals surface area contributed by atoms with E-state index in [1.807, 2.05) is 41.3 Å². The molecule has 0 fully saturated rings. The van der Waals surface area contributed by atoms with E-state index in [0.29, 0.717) is 6.61 Å². The number of amides is 1. The Morgan fingerprint density at radius 2 is 1.84 bits per heavy atom. The van der Waals surface area contributed by atoms with Crippen molar-refractivity contribution < 1.29 is 14.3 Å². The van der Waals surface area contributed by atoms with Crippen molar-refractivity contribution in [3.05, 3.63) is 48.0 Å². The SMILES string of the molecule is COc1ccc(OCCCN(C)CCN(C)C)c(C2Sc3ccccc3N2C(C)=O)c1.Cl. The van der Waals surface area contributed by atoms with Crippen molar-refractivity contribution in [1.29, 1.82) is 0 Å². The quantitative estimate of drug-likeness (QED) is 0.466. The summed E-state index contributed by atoms with van der Waals surface area (Å²) in [4.78, 5) is 20.0. The molecule has 0 spiro atoms. The van der Waals surface area contributed by atoms with E-state index >= 15 is 0 Å². The van der Waals surface area contributed by atoms with Crippen LogP contribution in [-0.2, 0) is 4.79 Å². The summed E-state index contributed by atoms with van der Waals surface area (Å²) in [6.07, 6.45) is 0.934. The van der Waals surface area contributed by atoms with E-state index in [1.165, 1.54) is 0 Å². The molecule has 0 N–H and O–H groups in total. The molecule has 1 atom stereocenters. The molecule has 176 valence electrons. The largest absolute Gasteiger partial charge is 0.497 e. The molecule has 0 saturated carbocycles. The molecule has 0 aliphatic carbocycles. The summed E-state index contributed by atoms with van der Waals surface area (Å²) in [5.74, 6) is 1.57. The molecule has 1 heterocycles. The predicted octanol–water partition coefficient (Wildman–Crippen LogP) is 4.54. The van der Waals surface area contributed by atoms with Gasteiger partial charge in [0.1, 0.15) is 16.9 Å². The lowest BCUT2D eigenvalue weighted by Crippen LogP contribution is -2.30. The Balaban J connectivity index is 0.00000363. The van der Waals surface area contributed by atoms with E-state index in [1.54, 1.807) is 25.8 Å². The topological polar surface area (TPSA) is 45.3 Å². The average molecular weight is 480 g/mol. The van der Waals surface area contributed by atoms with E-state index in [-0.39, 0.29) is 23.7 Å². The molecule has 2 aromatic carbocycles. The van der Waals surface area contributed by atoms with Crippen LogP contribution >= 0.6 is 24.2 Å². The van der Waals surface area contributed by atoms with Gasteiger partial charge in [0.05, 0.1) is 19.4 Å². The van der Waals surface area contributed by atoms with Crippen LogP contribution in [0.3, 0.4) is 0 Å². The molecule has 2 aromatic rings. The van der Waals surface area contributed by atoms with E-state index in [0.717, 1.165) is 53.7 Å². The van der Waals surface area contributed by atoms with E-state index in [4.69, 9.17) is 9.47 Å². The molecule has 1 aliphatic heterocycles. The number of thioether (sulfide) groups is 1. The Kier molecular flexibility index (Phi) is 10.2. The summed E-state index contributed by atoms with van der Waals surface area (Å²) >= 11 is 1.67. The van der Waals surface area contributed by atoms with Crippen molar-refractivity contribution in [2.24, 2.45) is 0 Å². The van der Waals surface area contributed by atoms with Gasteiger partial charge in [0, 0.05) is 37.0 Å². The second kappa shape index (κ2) is 12.3. The number of rotatable bonds is 10. The fourth-order valence-electron chi connectivity index (χ4n) is 3.57. The van der Waals surface area contributed by atoms with Crippen molar-refractivity contribution in [2.45, 2.75) is 23.6 Å². The van der Waals surface area contributed by atoms with Crippen LogP contribution in [0, 0.1) is 0 Å². The lowest BCUT2D eigenvalue weighted by Gasteiger charge is -2.26. The fourth-order valence-corrected chi connectivity index (χ4v) is 4.93. The number of ether oxygens (including phenoxy) is 2. The van der Waals surface area contributed by atoms with E-state index in [2.05, 4.69) is 37.0 Å². The minimum Gasteiger partial charge on any atom is -0.497 e. The summed E-state index contributed by atoms with van der Waals surface area (Å²) < 4.78 is 11.7. The second-order valence-electron chi connectivity index (χ2n) is 8.04. The van der Waals surface area contributed by atoms with Crippen molar-refractivity contribution >= 4 is 35.8 Å². The van der Waals surface area contributed by atoms with Gasteiger partial charge < -0.3 is 19.3 Å². The van der Waals surface area contributed by atoms with Gasteiger partial charge in [0.2, 0.25) is 5.91 Å². The van der Waals surface area contributed by atoms with Crippen LogP contribution in [0.5, 0.6) is 11.5 Å². The maximum Gasteiger partial charge on any atom is 0.225 e. The summed E-state index contributed by atoms with van der Waals surface area (Å²) in [6.45, 7) is 5.28. The van der Waals surface area contributed by atoms with Crippen LogP contribution in [-0.4, -0.2) is 70.2 Å². The summed E-state index contributed by atoms with van der Waals surface area (Å²) in [5, 5.41) is -0.178. The number of nitrogens with zero attached hydrogens (tertiary/aromatic N) is 3. The summed E-state index contributed by atoms with van der Waals surface area (Å²) in [5.41, 5.74) is 1.90. The molecule has 0 bridgehead atoms. The Bertz CT molecular complexity index is 897. The van der Waals surface area contributed by atoms with E-state index < -0.39 is 0 Å². The molecule has 6 nitrogen and oxygen atoms in total. The number of carbonyl (C=O) groups is 1. The van der Waals surface area contributed by atoms with Crippen LogP contribution in [0.25, 0.3) is 0 Å². The number of benzene rings is 2. The average Bonchev–Trinajstić information content (AvgIpc) is 3.15. The predicted molar refractivity (Wildman–Crippen MR) is 135 cm³/mol. The van der Waals surface area contributed by atoms with E-state index in [9.17, 15) is 4.79 Å². The molecule has 1 aliphatic rings. The maximum absolute atomic E-state index is 12.5. The molecule has 32 heavy (non-hydrogen) atoms. The molecule has 0 aromatic heterocycles. The minimum atomic E-state index is -0.178. The minimum absolute atomic E-state index is 0. The maximum atomic E-state index is 12.5. The standard InChI is InChI=1S/C24H33N3O3S.ClH/c1-18(28)27-21-9-6-7-10-23(21)31-24(27)20-17-19(29-5)11-12-22(20)30-16-8-13-26(4)15-14-25(2)3;/h6-7,9-12,17,24H,8,13-16H2,1-5H3;1H. The highest BCUT2D eigenvalue weighted by Gasteiger charge is 2.35. The van der Waals surface area contributed by atoms with Gasteiger partial charge in [0.25, 0.3) is 0 Å². The number of hydrogen-bond acceptors (Lipinski definition) is 6. The van der Waals surface area contributed by atoms with Crippen LogP contribution in [0.1, 0.15) is 24.3 Å². The number of carbonyl (C=O) groups excluding carboxylic acids is 1. The lowest BCUT2D eigenvalue weighted by molar-refractivity contribution is -0.116. The number of anilines is 1. The van der Waals surface area contributed by atoms with Crippen molar-refractivity contribution in [2.75, 3.05) is 59.4 Å². The fraction of sp³-hybridized carbons (Fsp3) is 0.458.